The summed E-state index contributed by atoms with van der Waals surface area (Å²) in [6, 6.07) is 0.708. The van der Waals surface area contributed by atoms with Crippen LogP contribution in [0.2, 0.25) is 0 Å². The predicted molar refractivity (Wildman–Crippen MR) is 75.3 cm³/mol. The van der Waals surface area contributed by atoms with Crippen molar-refractivity contribution < 1.29 is 0 Å². The van der Waals surface area contributed by atoms with Crippen molar-refractivity contribution in [3.05, 3.63) is 0 Å². The van der Waals surface area contributed by atoms with Crippen molar-refractivity contribution in [2.45, 2.75) is 57.4 Å². The Labute approximate surface area is 106 Å². The van der Waals surface area contributed by atoms with Crippen molar-refractivity contribution in [1.29, 1.82) is 0 Å². The second kappa shape index (κ2) is 5.28. The van der Waals surface area contributed by atoms with E-state index in [-0.39, 0.29) is 5.54 Å². The summed E-state index contributed by atoms with van der Waals surface area (Å²) in [5.74, 6) is 0. The number of piperazine rings is 1. The number of hydrogen-bond donors (Lipinski definition) is 1. The number of nitrogens with zero attached hydrogens (tertiary/aromatic N) is 1. The highest BCUT2D eigenvalue weighted by molar-refractivity contribution is 7.99. The van der Waals surface area contributed by atoms with Crippen LogP contribution in [0.3, 0.4) is 0 Å². The van der Waals surface area contributed by atoms with Gasteiger partial charge in [-0.15, -0.1) is 0 Å². The lowest BCUT2D eigenvalue weighted by molar-refractivity contribution is 0.0862. The first-order chi connectivity index (χ1) is 7.29. The third kappa shape index (κ3) is 3.94. The minimum Gasteiger partial charge on any atom is -0.309 e. The molecule has 0 bridgehead atoms. The highest BCUT2D eigenvalue weighted by atomic mass is 32.2. The van der Waals surface area contributed by atoms with Crippen molar-refractivity contribution in [1.82, 2.24) is 10.2 Å². The fraction of sp³-hybridized carbons (Fsp3) is 1.00. The summed E-state index contributed by atoms with van der Waals surface area (Å²) in [7, 11) is 0. The third-order valence-electron chi connectivity index (χ3n) is 3.54. The van der Waals surface area contributed by atoms with E-state index in [2.05, 4.69) is 51.1 Å². The average molecular weight is 244 g/mol. The van der Waals surface area contributed by atoms with Gasteiger partial charge in [-0.25, -0.2) is 0 Å². The first-order valence-corrected chi connectivity index (χ1v) is 7.56. The van der Waals surface area contributed by atoms with Crippen LogP contribution in [0.1, 0.15) is 41.0 Å². The van der Waals surface area contributed by atoms with E-state index in [1.807, 2.05) is 11.8 Å². The summed E-state index contributed by atoms with van der Waals surface area (Å²) >= 11 is 1.97. The van der Waals surface area contributed by atoms with Crippen LogP contribution in [0.25, 0.3) is 0 Å². The second-order valence-electron chi connectivity index (χ2n) is 6.20. The lowest BCUT2D eigenvalue weighted by Gasteiger charge is -2.46. The van der Waals surface area contributed by atoms with E-state index in [0.29, 0.717) is 10.8 Å². The first kappa shape index (κ1) is 14.3. The lowest BCUT2D eigenvalue weighted by atomic mass is 9.96. The maximum absolute atomic E-state index is 3.64. The SMILES string of the molecule is CCC1CNC(C)(C)CN1CC(C)(C)SC. The van der Waals surface area contributed by atoms with E-state index in [0.717, 1.165) is 13.1 Å². The minimum absolute atomic E-state index is 0.264. The quantitative estimate of drug-likeness (QED) is 0.818. The van der Waals surface area contributed by atoms with Gasteiger partial charge in [0.05, 0.1) is 0 Å². The van der Waals surface area contributed by atoms with E-state index in [9.17, 15) is 0 Å². The highest BCUT2D eigenvalue weighted by Gasteiger charge is 2.34. The Balaban J connectivity index is 2.66. The standard InChI is InChI=1S/C13H28N2S/c1-7-11-8-14-12(2,3)9-15(11)10-13(4,5)16-6/h11,14H,7-10H2,1-6H3. The zero-order valence-electron chi connectivity index (χ0n) is 11.8. The first-order valence-electron chi connectivity index (χ1n) is 6.34. The van der Waals surface area contributed by atoms with Crippen LogP contribution < -0.4 is 5.32 Å². The lowest BCUT2D eigenvalue weighted by Crippen LogP contribution is -2.63. The summed E-state index contributed by atoms with van der Waals surface area (Å²) < 4.78 is 0.362. The average Bonchev–Trinajstić information content (AvgIpc) is 2.16. The maximum atomic E-state index is 3.64. The van der Waals surface area contributed by atoms with Crippen LogP contribution in [0, 0.1) is 0 Å². The number of rotatable bonds is 4. The Bertz CT molecular complexity index is 226. The van der Waals surface area contributed by atoms with Gasteiger partial charge in [0.15, 0.2) is 0 Å². The molecule has 1 heterocycles. The summed E-state index contributed by atoms with van der Waals surface area (Å²) in [5, 5.41) is 3.64. The van der Waals surface area contributed by atoms with Gasteiger partial charge in [0.1, 0.15) is 0 Å². The molecular weight excluding hydrogens is 216 g/mol. The summed E-state index contributed by atoms with van der Waals surface area (Å²) in [6.45, 7) is 15.1. The Morgan fingerprint density at radius 3 is 2.56 bits per heavy atom. The zero-order chi connectivity index (χ0) is 12.4. The van der Waals surface area contributed by atoms with Crippen molar-refractivity contribution in [3.8, 4) is 0 Å². The fourth-order valence-electron chi connectivity index (χ4n) is 2.36. The minimum atomic E-state index is 0.264. The molecule has 2 nitrogen and oxygen atoms in total. The molecule has 0 aromatic heterocycles. The predicted octanol–water partition coefficient (Wildman–Crippen LogP) is 2.59. The smallest absolute Gasteiger partial charge is 0.0252 e. The molecule has 3 heteroatoms. The van der Waals surface area contributed by atoms with Crippen molar-refractivity contribution in [2.24, 2.45) is 0 Å². The van der Waals surface area contributed by atoms with Gasteiger partial charge < -0.3 is 5.32 Å². The van der Waals surface area contributed by atoms with Crippen molar-refractivity contribution in [3.63, 3.8) is 0 Å². The number of hydrogen-bond acceptors (Lipinski definition) is 3. The molecule has 0 saturated carbocycles. The molecule has 0 aromatic rings. The Morgan fingerprint density at radius 1 is 1.44 bits per heavy atom. The van der Waals surface area contributed by atoms with E-state index in [4.69, 9.17) is 0 Å². The van der Waals surface area contributed by atoms with Crippen molar-refractivity contribution in [2.75, 3.05) is 25.9 Å². The molecule has 1 aliphatic rings. The zero-order valence-corrected chi connectivity index (χ0v) is 12.6. The molecule has 16 heavy (non-hydrogen) atoms. The normalized spacial score (nSPS) is 27.0. The van der Waals surface area contributed by atoms with Crippen molar-refractivity contribution >= 4 is 11.8 Å². The number of thioether (sulfide) groups is 1. The van der Waals surface area contributed by atoms with Crippen LogP contribution in [-0.4, -0.2) is 47.1 Å². The second-order valence-corrected chi connectivity index (χ2v) is 7.71. The van der Waals surface area contributed by atoms with Crippen LogP contribution in [-0.2, 0) is 0 Å². The monoisotopic (exact) mass is 244 g/mol. The molecule has 1 N–H and O–H groups in total. The molecule has 1 unspecified atom stereocenters. The molecular formula is C13H28N2S. The van der Waals surface area contributed by atoms with Crippen LogP contribution >= 0.6 is 11.8 Å². The van der Waals surface area contributed by atoms with E-state index in [1.54, 1.807) is 0 Å². The Hall–Kier alpha value is 0.270. The molecule has 1 aliphatic heterocycles. The number of nitrogens with one attached hydrogen (secondary N) is 1. The molecule has 0 radical (unpaired) electrons. The van der Waals surface area contributed by atoms with E-state index >= 15 is 0 Å². The Morgan fingerprint density at radius 2 is 2.06 bits per heavy atom. The summed E-state index contributed by atoms with van der Waals surface area (Å²) in [5.41, 5.74) is 0.264. The van der Waals surface area contributed by atoms with E-state index < -0.39 is 0 Å². The van der Waals surface area contributed by atoms with E-state index in [1.165, 1.54) is 13.0 Å². The molecule has 1 saturated heterocycles. The van der Waals surface area contributed by atoms with Gasteiger partial charge >= 0.3 is 0 Å². The molecule has 1 fully saturated rings. The largest absolute Gasteiger partial charge is 0.309 e. The molecule has 1 rings (SSSR count). The molecule has 1 atom stereocenters. The molecule has 0 amide bonds. The summed E-state index contributed by atoms with van der Waals surface area (Å²) in [4.78, 5) is 2.67. The highest BCUT2D eigenvalue weighted by Crippen LogP contribution is 2.26. The Kier molecular flexibility index (Phi) is 4.73. The van der Waals surface area contributed by atoms with Crippen LogP contribution in [0.15, 0.2) is 0 Å². The van der Waals surface area contributed by atoms with Gasteiger partial charge in [-0.05, 0) is 40.4 Å². The summed E-state index contributed by atoms with van der Waals surface area (Å²) in [6.07, 6.45) is 3.46. The van der Waals surface area contributed by atoms with Gasteiger partial charge in [0, 0.05) is 36.0 Å². The van der Waals surface area contributed by atoms with Gasteiger partial charge in [0.2, 0.25) is 0 Å². The van der Waals surface area contributed by atoms with Gasteiger partial charge in [-0.1, -0.05) is 6.92 Å². The fourth-order valence-corrected chi connectivity index (χ4v) is 2.65. The molecule has 0 aromatic carbocycles. The maximum Gasteiger partial charge on any atom is 0.0252 e. The third-order valence-corrected chi connectivity index (χ3v) is 4.77. The van der Waals surface area contributed by atoms with Crippen LogP contribution in [0.4, 0.5) is 0 Å². The van der Waals surface area contributed by atoms with Gasteiger partial charge in [0.25, 0.3) is 0 Å². The molecule has 0 spiro atoms. The van der Waals surface area contributed by atoms with Gasteiger partial charge in [-0.2, -0.15) is 11.8 Å². The van der Waals surface area contributed by atoms with Crippen LogP contribution in [0.5, 0.6) is 0 Å². The topological polar surface area (TPSA) is 15.3 Å². The molecule has 0 aliphatic carbocycles. The molecule has 96 valence electrons. The van der Waals surface area contributed by atoms with Gasteiger partial charge in [-0.3, -0.25) is 4.90 Å².